The summed E-state index contributed by atoms with van der Waals surface area (Å²) in [5.41, 5.74) is 1.74. The van der Waals surface area contributed by atoms with Gasteiger partial charge in [-0.3, -0.25) is 14.6 Å². The fraction of sp³-hybridized carbons (Fsp3) is 0.273. The van der Waals surface area contributed by atoms with Gasteiger partial charge in [0.05, 0.1) is 24.2 Å². The molecule has 1 aromatic carbocycles. The Morgan fingerprint density at radius 3 is 2.68 bits per heavy atom. The number of nitrogens with one attached hydrogen (secondary N) is 1. The molecule has 9 heteroatoms. The van der Waals surface area contributed by atoms with Crippen LogP contribution in [0.4, 0.5) is 11.4 Å². The molecule has 160 valence electrons. The van der Waals surface area contributed by atoms with Crippen LogP contribution in [0, 0.1) is 0 Å². The summed E-state index contributed by atoms with van der Waals surface area (Å²) >= 11 is 1.32. The summed E-state index contributed by atoms with van der Waals surface area (Å²) in [6.45, 7) is 5.18. The molecule has 0 saturated carbocycles. The maximum atomic E-state index is 13.1. The van der Waals surface area contributed by atoms with E-state index in [-0.39, 0.29) is 11.6 Å². The zero-order valence-electron chi connectivity index (χ0n) is 17.2. The third-order valence-electron chi connectivity index (χ3n) is 4.98. The van der Waals surface area contributed by atoms with Crippen molar-refractivity contribution < 1.29 is 14.3 Å². The average molecular weight is 438 g/mol. The Morgan fingerprint density at radius 1 is 1.13 bits per heavy atom. The van der Waals surface area contributed by atoms with Crippen molar-refractivity contribution in [1.29, 1.82) is 0 Å². The molecule has 4 rings (SSSR count). The SMILES string of the molecule is CCOc1ccccc1N1CCN(C(=O)c2sccc2NC(=O)c2cnccn2)CC1. The Hall–Kier alpha value is -3.46. The number of para-hydroxylation sites is 2. The summed E-state index contributed by atoms with van der Waals surface area (Å²) < 4.78 is 5.74. The number of hydrogen-bond donors (Lipinski definition) is 1. The fourth-order valence-electron chi connectivity index (χ4n) is 3.47. The monoisotopic (exact) mass is 437 g/mol. The van der Waals surface area contributed by atoms with Gasteiger partial charge in [0.1, 0.15) is 16.3 Å². The lowest BCUT2D eigenvalue weighted by atomic mass is 10.2. The number of nitrogens with zero attached hydrogens (tertiary/aromatic N) is 4. The lowest BCUT2D eigenvalue weighted by Crippen LogP contribution is -2.48. The number of amides is 2. The van der Waals surface area contributed by atoms with Crippen molar-refractivity contribution in [2.24, 2.45) is 0 Å². The van der Waals surface area contributed by atoms with Crippen LogP contribution < -0.4 is 15.0 Å². The summed E-state index contributed by atoms with van der Waals surface area (Å²) in [5.74, 6) is 0.386. The van der Waals surface area contributed by atoms with Crippen LogP contribution in [-0.4, -0.2) is 59.5 Å². The standard InChI is InChI=1S/C22H23N5O3S/c1-2-30-19-6-4-3-5-18(19)26-10-12-27(13-11-26)22(29)20-16(7-14-31-20)25-21(28)17-15-23-8-9-24-17/h3-9,14-15H,2,10-13H2,1H3,(H,25,28). The van der Waals surface area contributed by atoms with Crippen molar-refractivity contribution >= 4 is 34.5 Å². The molecular weight excluding hydrogens is 414 g/mol. The first kappa shape index (κ1) is 20.8. The van der Waals surface area contributed by atoms with Crippen LogP contribution in [0.5, 0.6) is 5.75 Å². The molecule has 31 heavy (non-hydrogen) atoms. The molecule has 0 spiro atoms. The van der Waals surface area contributed by atoms with Crippen LogP contribution >= 0.6 is 11.3 Å². The Bertz CT molecular complexity index is 1050. The average Bonchev–Trinajstić information content (AvgIpc) is 3.28. The molecule has 2 aromatic heterocycles. The van der Waals surface area contributed by atoms with E-state index in [1.807, 2.05) is 36.1 Å². The number of carbonyl (C=O) groups is 2. The second kappa shape index (κ2) is 9.57. The molecule has 0 unspecified atom stereocenters. The summed E-state index contributed by atoms with van der Waals surface area (Å²) in [6, 6.07) is 9.70. The molecule has 0 atom stereocenters. The van der Waals surface area contributed by atoms with Gasteiger partial charge in [0, 0.05) is 38.6 Å². The fourth-order valence-corrected chi connectivity index (χ4v) is 4.28. The van der Waals surface area contributed by atoms with E-state index < -0.39 is 5.91 Å². The lowest BCUT2D eigenvalue weighted by Gasteiger charge is -2.36. The number of carbonyl (C=O) groups excluding carboxylic acids is 2. The summed E-state index contributed by atoms with van der Waals surface area (Å²) in [5, 5.41) is 4.58. The third kappa shape index (κ3) is 4.66. The molecule has 1 fully saturated rings. The third-order valence-corrected chi connectivity index (χ3v) is 5.88. The molecule has 1 saturated heterocycles. The quantitative estimate of drug-likeness (QED) is 0.637. The van der Waals surface area contributed by atoms with E-state index in [1.165, 1.54) is 29.9 Å². The number of rotatable bonds is 6. The zero-order valence-corrected chi connectivity index (χ0v) is 18.0. The summed E-state index contributed by atoms with van der Waals surface area (Å²) in [7, 11) is 0. The van der Waals surface area contributed by atoms with Crippen molar-refractivity contribution in [1.82, 2.24) is 14.9 Å². The van der Waals surface area contributed by atoms with Crippen molar-refractivity contribution in [3.63, 3.8) is 0 Å². The van der Waals surface area contributed by atoms with Crippen LogP contribution in [-0.2, 0) is 0 Å². The van der Waals surface area contributed by atoms with Crippen molar-refractivity contribution in [3.05, 3.63) is 64.9 Å². The van der Waals surface area contributed by atoms with Gasteiger partial charge in [0.25, 0.3) is 11.8 Å². The van der Waals surface area contributed by atoms with E-state index in [0.717, 1.165) is 11.4 Å². The first-order valence-electron chi connectivity index (χ1n) is 10.1. The van der Waals surface area contributed by atoms with Crippen molar-refractivity contribution in [2.45, 2.75) is 6.92 Å². The van der Waals surface area contributed by atoms with Crippen molar-refractivity contribution in [3.8, 4) is 5.75 Å². The second-order valence-corrected chi connectivity index (χ2v) is 7.80. The topological polar surface area (TPSA) is 87.7 Å². The Labute approximate surface area is 184 Å². The van der Waals surface area contributed by atoms with Gasteiger partial charge in [-0.05, 0) is 30.5 Å². The minimum Gasteiger partial charge on any atom is -0.492 e. The van der Waals surface area contributed by atoms with E-state index >= 15 is 0 Å². The number of anilines is 2. The van der Waals surface area contributed by atoms with Gasteiger partial charge in [-0.25, -0.2) is 4.98 Å². The van der Waals surface area contributed by atoms with E-state index in [0.29, 0.717) is 43.4 Å². The molecule has 0 radical (unpaired) electrons. The highest BCUT2D eigenvalue weighted by molar-refractivity contribution is 7.12. The van der Waals surface area contributed by atoms with Crippen LogP contribution in [0.3, 0.4) is 0 Å². The smallest absolute Gasteiger partial charge is 0.275 e. The van der Waals surface area contributed by atoms with E-state index in [9.17, 15) is 9.59 Å². The van der Waals surface area contributed by atoms with Gasteiger partial charge in [0.2, 0.25) is 0 Å². The Balaban J connectivity index is 1.41. The zero-order chi connectivity index (χ0) is 21.6. The number of ether oxygens (including phenoxy) is 1. The lowest BCUT2D eigenvalue weighted by molar-refractivity contribution is 0.0752. The maximum Gasteiger partial charge on any atom is 0.275 e. The van der Waals surface area contributed by atoms with Gasteiger partial charge in [-0.2, -0.15) is 0 Å². The van der Waals surface area contributed by atoms with Gasteiger partial charge >= 0.3 is 0 Å². The molecule has 1 aliphatic heterocycles. The number of benzene rings is 1. The minimum atomic E-state index is -0.391. The predicted octanol–water partition coefficient (Wildman–Crippen LogP) is 3.15. The highest BCUT2D eigenvalue weighted by Gasteiger charge is 2.26. The highest BCUT2D eigenvalue weighted by atomic mass is 32.1. The van der Waals surface area contributed by atoms with Crippen LogP contribution in [0.1, 0.15) is 27.1 Å². The minimum absolute atomic E-state index is 0.0813. The normalized spacial score (nSPS) is 13.7. The molecule has 3 aromatic rings. The molecule has 3 heterocycles. The molecule has 2 amide bonds. The molecule has 0 bridgehead atoms. The summed E-state index contributed by atoms with van der Waals surface area (Å²) in [6.07, 6.45) is 4.35. The molecular formula is C22H23N5O3S. The maximum absolute atomic E-state index is 13.1. The highest BCUT2D eigenvalue weighted by Crippen LogP contribution is 2.30. The molecule has 1 aliphatic rings. The van der Waals surface area contributed by atoms with Crippen molar-refractivity contribution in [2.75, 3.05) is 43.0 Å². The van der Waals surface area contributed by atoms with E-state index in [2.05, 4.69) is 20.2 Å². The molecule has 1 N–H and O–H groups in total. The molecule has 8 nitrogen and oxygen atoms in total. The second-order valence-electron chi connectivity index (χ2n) is 6.89. The van der Waals surface area contributed by atoms with Crippen LogP contribution in [0.15, 0.2) is 54.3 Å². The van der Waals surface area contributed by atoms with Gasteiger partial charge in [-0.15, -0.1) is 11.3 Å². The first-order valence-corrected chi connectivity index (χ1v) is 11.0. The van der Waals surface area contributed by atoms with Gasteiger partial charge in [-0.1, -0.05) is 12.1 Å². The van der Waals surface area contributed by atoms with E-state index in [4.69, 9.17) is 4.74 Å². The Kier molecular flexibility index (Phi) is 6.42. The summed E-state index contributed by atoms with van der Waals surface area (Å²) in [4.78, 5) is 38.0. The number of thiophene rings is 1. The molecule has 0 aliphatic carbocycles. The van der Waals surface area contributed by atoms with Gasteiger partial charge < -0.3 is 19.9 Å². The van der Waals surface area contributed by atoms with Gasteiger partial charge in [0.15, 0.2) is 0 Å². The van der Waals surface area contributed by atoms with Crippen LogP contribution in [0.2, 0.25) is 0 Å². The van der Waals surface area contributed by atoms with Crippen LogP contribution in [0.25, 0.3) is 0 Å². The Morgan fingerprint density at radius 2 is 1.94 bits per heavy atom. The number of aromatic nitrogens is 2. The van der Waals surface area contributed by atoms with E-state index in [1.54, 1.807) is 11.4 Å². The first-order chi connectivity index (χ1) is 15.2. The number of piperazine rings is 1. The largest absolute Gasteiger partial charge is 0.492 e. The number of hydrogen-bond acceptors (Lipinski definition) is 7. The predicted molar refractivity (Wildman–Crippen MR) is 120 cm³/mol.